The van der Waals surface area contributed by atoms with Crippen LogP contribution < -0.4 is 5.32 Å². The highest BCUT2D eigenvalue weighted by Gasteiger charge is 2.56. The molecule has 2 aromatic rings. The van der Waals surface area contributed by atoms with Crippen molar-refractivity contribution in [2.45, 2.75) is 42.9 Å². The van der Waals surface area contributed by atoms with E-state index in [9.17, 15) is 36.8 Å². The molecule has 3 rings (SSSR count). The van der Waals surface area contributed by atoms with Crippen molar-refractivity contribution in [3.05, 3.63) is 52.0 Å². The van der Waals surface area contributed by atoms with Gasteiger partial charge in [0.25, 0.3) is 5.69 Å². The predicted octanol–water partition coefficient (Wildman–Crippen LogP) is 3.53. The van der Waals surface area contributed by atoms with Gasteiger partial charge in [-0.25, -0.2) is 8.42 Å². The quantitative estimate of drug-likeness (QED) is 0.440. The molecule has 32 heavy (non-hydrogen) atoms. The fourth-order valence-electron chi connectivity index (χ4n) is 3.49. The number of hydrogen-bond acceptors (Lipinski definition) is 7. The second-order valence-corrected chi connectivity index (χ2v) is 9.43. The molecule has 1 fully saturated rings. The van der Waals surface area contributed by atoms with Crippen LogP contribution in [0.25, 0.3) is 0 Å². The summed E-state index contributed by atoms with van der Waals surface area (Å²) < 4.78 is 72.1. The van der Waals surface area contributed by atoms with Gasteiger partial charge >= 0.3 is 6.18 Å². The molecule has 176 valence electrons. The van der Waals surface area contributed by atoms with Gasteiger partial charge < -0.3 is 14.8 Å². The highest BCUT2D eigenvalue weighted by molar-refractivity contribution is 7.89. The molecule has 0 spiro atoms. The van der Waals surface area contributed by atoms with Crippen molar-refractivity contribution < 1.29 is 36.0 Å². The number of nitro benzene ring substituents is 1. The minimum atomic E-state index is -5.06. The maximum absolute atomic E-state index is 13.5. The summed E-state index contributed by atoms with van der Waals surface area (Å²) in [5, 5.41) is 24.3. The van der Waals surface area contributed by atoms with E-state index >= 15 is 0 Å². The van der Waals surface area contributed by atoms with Gasteiger partial charge in [0.2, 0.25) is 15.6 Å². The van der Waals surface area contributed by atoms with Crippen molar-refractivity contribution in [2.75, 3.05) is 25.0 Å². The summed E-state index contributed by atoms with van der Waals surface area (Å²) in [6.45, 7) is 1.56. The molecule has 13 heteroatoms. The average Bonchev–Trinajstić information content (AvgIpc) is 3.39. The Hall–Kier alpha value is -2.64. The van der Waals surface area contributed by atoms with Crippen LogP contribution in [0.3, 0.4) is 0 Å². The van der Waals surface area contributed by atoms with Gasteiger partial charge in [-0.3, -0.25) is 10.1 Å². The molecule has 2 N–H and O–H groups in total. The van der Waals surface area contributed by atoms with Crippen LogP contribution in [-0.2, 0) is 15.6 Å². The number of aryl methyl sites for hydroxylation is 1. The Morgan fingerprint density at radius 3 is 2.41 bits per heavy atom. The van der Waals surface area contributed by atoms with Crippen molar-refractivity contribution in [1.29, 1.82) is 0 Å². The Kier molecular flexibility index (Phi) is 6.54. The molecule has 1 saturated heterocycles. The Morgan fingerprint density at radius 2 is 1.88 bits per heavy atom. The lowest BCUT2D eigenvalue weighted by Gasteiger charge is -2.28. The number of nitrogens with zero attached hydrogens (tertiary/aromatic N) is 2. The summed E-state index contributed by atoms with van der Waals surface area (Å²) in [5.41, 5.74) is -4.08. The van der Waals surface area contributed by atoms with Crippen LogP contribution in [-0.4, -0.2) is 48.6 Å². The first-order chi connectivity index (χ1) is 14.9. The third kappa shape index (κ3) is 4.59. The number of nitrogens with one attached hydrogen (secondary N) is 1. The molecular formula is C19H22F3N3O6S. The molecule has 0 saturated carbocycles. The second-order valence-electron chi connectivity index (χ2n) is 7.49. The fourth-order valence-corrected chi connectivity index (χ4v) is 5.03. The number of rotatable bonds is 8. The maximum Gasteiger partial charge on any atom is 0.424 e. The SMILES string of the molecule is Cc1ccc([C@@](O)(CCNc2ccc(S(=O)(=O)N3CCCC3)cc2[N+](=O)[O-])C(F)(F)F)o1. The molecule has 0 amide bonds. The number of nitro groups is 1. The van der Waals surface area contributed by atoms with Crippen molar-refractivity contribution in [1.82, 2.24) is 4.31 Å². The van der Waals surface area contributed by atoms with Crippen molar-refractivity contribution >= 4 is 21.4 Å². The van der Waals surface area contributed by atoms with Gasteiger partial charge in [-0.1, -0.05) is 0 Å². The molecule has 1 aromatic carbocycles. The number of alkyl halides is 3. The number of furan rings is 1. The monoisotopic (exact) mass is 477 g/mol. The van der Waals surface area contributed by atoms with E-state index in [4.69, 9.17) is 4.42 Å². The van der Waals surface area contributed by atoms with Gasteiger partial charge in [-0.05, 0) is 44.0 Å². The number of sulfonamides is 1. The molecule has 0 aliphatic carbocycles. The summed E-state index contributed by atoms with van der Waals surface area (Å²) in [4.78, 5) is 10.4. The third-order valence-corrected chi connectivity index (χ3v) is 7.18. The van der Waals surface area contributed by atoms with E-state index in [-0.39, 0.29) is 16.3 Å². The summed E-state index contributed by atoms with van der Waals surface area (Å²) in [6, 6.07) is 5.47. The summed E-state index contributed by atoms with van der Waals surface area (Å²) in [5.74, 6) is -0.507. The van der Waals surface area contributed by atoms with Gasteiger partial charge in [-0.2, -0.15) is 17.5 Å². The van der Waals surface area contributed by atoms with Crippen LogP contribution in [0.15, 0.2) is 39.6 Å². The minimum Gasteiger partial charge on any atom is -0.463 e. The zero-order valence-corrected chi connectivity index (χ0v) is 17.9. The van der Waals surface area contributed by atoms with Crippen LogP contribution in [0.5, 0.6) is 0 Å². The number of halogens is 3. The number of anilines is 1. The number of aliphatic hydroxyl groups is 1. The number of hydrogen-bond donors (Lipinski definition) is 2. The Morgan fingerprint density at radius 1 is 1.22 bits per heavy atom. The summed E-state index contributed by atoms with van der Waals surface area (Å²) >= 11 is 0. The molecular weight excluding hydrogens is 455 g/mol. The molecule has 2 heterocycles. The Labute approximate surface area is 182 Å². The predicted molar refractivity (Wildman–Crippen MR) is 108 cm³/mol. The summed E-state index contributed by atoms with van der Waals surface area (Å²) in [6.07, 6.45) is -4.57. The molecule has 9 nitrogen and oxygen atoms in total. The van der Waals surface area contributed by atoms with Crippen LogP contribution in [0.4, 0.5) is 24.5 Å². The van der Waals surface area contributed by atoms with Crippen molar-refractivity contribution in [3.8, 4) is 0 Å². The first-order valence-electron chi connectivity index (χ1n) is 9.75. The Balaban J connectivity index is 1.82. The topological polar surface area (TPSA) is 126 Å². The number of benzene rings is 1. The minimum absolute atomic E-state index is 0.171. The first-order valence-corrected chi connectivity index (χ1v) is 11.2. The first kappa shape index (κ1) is 24.0. The van der Waals surface area contributed by atoms with Crippen LogP contribution in [0.1, 0.15) is 30.8 Å². The van der Waals surface area contributed by atoms with E-state index in [1.807, 2.05) is 0 Å². The normalized spacial score (nSPS) is 17.3. The van der Waals surface area contributed by atoms with Gasteiger partial charge in [0.05, 0.1) is 9.82 Å². The highest BCUT2D eigenvalue weighted by atomic mass is 32.2. The second kappa shape index (κ2) is 8.71. The average molecular weight is 477 g/mol. The lowest BCUT2D eigenvalue weighted by Crippen LogP contribution is -2.43. The van der Waals surface area contributed by atoms with E-state index in [0.717, 1.165) is 24.3 Å². The van der Waals surface area contributed by atoms with E-state index in [1.54, 1.807) is 0 Å². The highest BCUT2D eigenvalue weighted by Crippen LogP contribution is 2.42. The summed E-state index contributed by atoms with van der Waals surface area (Å²) in [7, 11) is -3.91. The fraction of sp³-hybridized carbons (Fsp3) is 0.474. The largest absolute Gasteiger partial charge is 0.463 e. The molecule has 0 radical (unpaired) electrons. The zero-order chi connectivity index (χ0) is 23.7. The molecule has 1 aliphatic rings. The van der Waals surface area contributed by atoms with Gasteiger partial charge in [0.15, 0.2) is 0 Å². The van der Waals surface area contributed by atoms with Crippen LogP contribution in [0, 0.1) is 17.0 Å². The van der Waals surface area contributed by atoms with E-state index in [2.05, 4.69) is 5.32 Å². The molecule has 0 bridgehead atoms. The standard InChI is InChI=1S/C19H22F3N3O6S/c1-13-4-7-17(31-13)18(26,19(20,21)22)8-9-23-15-6-5-14(12-16(15)25(27)28)32(29,30)24-10-2-3-11-24/h4-7,12,23,26H,2-3,8-11H2,1H3/t18-/m0/s1. The third-order valence-electron chi connectivity index (χ3n) is 5.29. The Bertz CT molecular complexity index is 1100. The van der Waals surface area contributed by atoms with Crippen LogP contribution in [0.2, 0.25) is 0 Å². The van der Waals surface area contributed by atoms with E-state index in [0.29, 0.717) is 25.9 Å². The molecule has 1 aromatic heterocycles. The molecule has 1 atom stereocenters. The van der Waals surface area contributed by atoms with Crippen molar-refractivity contribution in [2.24, 2.45) is 0 Å². The van der Waals surface area contributed by atoms with E-state index < -0.39 is 51.1 Å². The maximum atomic E-state index is 13.5. The van der Waals surface area contributed by atoms with Crippen molar-refractivity contribution in [3.63, 3.8) is 0 Å². The lowest BCUT2D eigenvalue weighted by atomic mass is 9.95. The van der Waals surface area contributed by atoms with Gasteiger partial charge in [0.1, 0.15) is 17.2 Å². The van der Waals surface area contributed by atoms with E-state index in [1.165, 1.54) is 17.3 Å². The lowest BCUT2D eigenvalue weighted by molar-refractivity contribution is -0.384. The van der Waals surface area contributed by atoms with Gasteiger partial charge in [-0.15, -0.1) is 0 Å². The molecule has 1 aliphatic heterocycles. The smallest absolute Gasteiger partial charge is 0.424 e. The zero-order valence-electron chi connectivity index (χ0n) is 17.1. The molecule has 0 unspecified atom stereocenters. The van der Waals surface area contributed by atoms with Gasteiger partial charge in [0, 0.05) is 32.1 Å². The van der Waals surface area contributed by atoms with Crippen LogP contribution >= 0.6 is 0 Å².